The molecular weight excluding hydrogens is 349 g/mol. The summed E-state index contributed by atoms with van der Waals surface area (Å²) < 4.78 is 19.0. The van der Waals surface area contributed by atoms with Gasteiger partial charge in [-0.05, 0) is 52.3 Å². The third-order valence-corrected chi connectivity index (χ3v) is 3.22. The summed E-state index contributed by atoms with van der Waals surface area (Å²) in [5.74, 6) is -0.287. The van der Waals surface area contributed by atoms with Crippen LogP contribution in [0, 0.1) is 5.82 Å². The maximum atomic E-state index is 13.0. The van der Waals surface area contributed by atoms with E-state index in [-0.39, 0.29) is 12.5 Å². The molecule has 104 valence electrons. The fraction of sp³-hybridized carbons (Fsp3) is 0.0714. The molecule has 0 aromatic heterocycles. The Morgan fingerprint density at radius 1 is 1.30 bits per heavy atom. The first-order valence-corrected chi connectivity index (χ1v) is 6.85. The summed E-state index contributed by atoms with van der Waals surface area (Å²) in [6.45, 7) is -0.184. The van der Waals surface area contributed by atoms with Crippen LogP contribution in [0.4, 0.5) is 10.1 Å². The van der Waals surface area contributed by atoms with Crippen molar-refractivity contribution in [1.82, 2.24) is 0 Å². The quantitative estimate of drug-likeness (QED) is 0.887. The molecule has 0 bridgehead atoms. The lowest BCUT2D eigenvalue weighted by molar-refractivity contribution is -0.118. The van der Waals surface area contributed by atoms with E-state index in [1.54, 1.807) is 24.3 Å². The molecule has 0 saturated carbocycles. The minimum Gasteiger partial charge on any atom is -0.483 e. The maximum Gasteiger partial charge on any atom is 0.262 e. The van der Waals surface area contributed by atoms with Crippen LogP contribution in [-0.4, -0.2) is 12.5 Å². The van der Waals surface area contributed by atoms with Gasteiger partial charge in [-0.1, -0.05) is 17.7 Å². The van der Waals surface area contributed by atoms with Crippen molar-refractivity contribution in [3.63, 3.8) is 0 Å². The highest BCUT2D eigenvalue weighted by molar-refractivity contribution is 9.10. The smallest absolute Gasteiger partial charge is 0.262 e. The maximum absolute atomic E-state index is 13.0. The molecule has 0 aliphatic carbocycles. The highest BCUT2D eigenvalue weighted by Gasteiger charge is 2.07. The van der Waals surface area contributed by atoms with Crippen LogP contribution in [0.1, 0.15) is 0 Å². The number of nitrogens with one attached hydrogen (secondary N) is 1. The summed E-state index contributed by atoms with van der Waals surface area (Å²) in [6, 6.07) is 10.6. The van der Waals surface area contributed by atoms with Crippen LogP contribution in [0.15, 0.2) is 46.9 Å². The second-order valence-electron chi connectivity index (χ2n) is 3.92. The number of rotatable bonds is 4. The number of halogens is 3. The molecule has 0 radical (unpaired) electrons. The molecule has 0 fully saturated rings. The van der Waals surface area contributed by atoms with E-state index in [0.29, 0.717) is 20.9 Å². The molecule has 2 aromatic rings. The summed E-state index contributed by atoms with van der Waals surface area (Å²) in [5.41, 5.74) is 0.383. The predicted octanol–water partition coefficient (Wildman–Crippen LogP) is 4.26. The molecule has 1 amide bonds. The molecule has 6 heteroatoms. The predicted molar refractivity (Wildman–Crippen MR) is 79.7 cm³/mol. The van der Waals surface area contributed by atoms with Gasteiger partial charge in [0.25, 0.3) is 5.91 Å². The van der Waals surface area contributed by atoms with E-state index >= 15 is 0 Å². The van der Waals surface area contributed by atoms with Gasteiger partial charge in [0.05, 0.1) is 4.47 Å². The van der Waals surface area contributed by atoms with Crippen molar-refractivity contribution in [2.45, 2.75) is 0 Å². The number of carbonyl (C=O) groups is 1. The molecule has 2 rings (SSSR count). The number of hydrogen-bond acceptors (Lipinski definition) is 2. The lowest BCUT2D eigenvalue weighted by Crippen LogP contribution is -2.20. The van der Waals surface area contributed by atoms with Crippen molar-refractivity contribution < 1.29 is 13.9 Å². The molecule has 0 saturated heterocycles. The van der Waals surface area contributed by atoms with E-state index in [0.717, 1.165) is 0 Å². The van der Waals surface area contributed by atoms with Gasteiger partial charge < -0.3 is 10.1 Å². The van der Waals surface area contributed by atoms with Crippen molar-refractivity contribution in [3.8, 4) is 5.75 Å². The second-order valence-corrected chi connectivity index (χ2v) is 5.21. The van der Waals surface area contributed by atoms with Crippen LogP contribution in [0.3, 0.4) is 0 Å². The van der Waals surface area contributed by atoms with Gasteiger partial charge in [-0.25, -0.2) is 4.39 Å². The van der Waals surface area contributed by atoms with E-state index < -0.39 is 5.82 Å². The molecule has 3 nitrogen and oxygen atoms in total. The number of amides is 1. The minimum absolute atomic E-state index is 0.184. The van der Waals surface area contributed by atoms with Gasteiger partial charge in [0.2, 0.25) is 0 Å². The highest BCUT2D eigenvalue weighted by Crippen LogP contribution is 2.27. The standard InChI is InChI=1S/C14H10BrClFNO2/c15-12-6-9(16)4-5-13(12)20-8-14(19)18-11-3-1-2-10(17)7-11/h1-7H,8H2,(H,18,19). The molecule has 0 spiro atoms. The fourth-order valence-electron chi connectivity index (χ4n) is 1.50. The van der Waals surface area contributed by atoms with Crippen molar-refractivity contribution in [2.75, 3.05) is 11.9 Å². The monoisotopic (exact) mass is 357 g/mol. The highest BCUT2D eigenvalue weighted by atomic mass is 79.9. The van der Waals surface area contributed by atoms with Gasteiger partial charge in [-0.3, -0.25) is 4.79 Å². The zero-order valence-electron chi connectivity index (χ0n) is 10.2. The Labute approximate surface area is 128 Å². The molecule has 0 aliphatic heterocycles. The van der Waals surface area contributed by atoms with Crippen LogP contribution in [0.2, 0.25) is 5.02 Å². The normalized spacial score (nSPS) is 10.2. The average Bonchev–Trinajstić information content (AvgIpc) is 2.37. The van der Waals surface area contributed by atoms with Crippen molar-refractivity contribution in [1.29, 1.82) is 0 Å². The summed E-state index contributed by atoms with van der Waals surface area (Å²) in [4.78, 5) is 11.7. The lowest BCUT2D eigenvalue weighted by atomic mass is 10.3. The number of ether oxygens (including phenoxy) is 1. The molecule has 0 aliphatic rings. The van der Waals surface area contributed by atoms with Crippen molar-refractivity contribution in [3.05, 3.63) is 57.8 Å². The summed E-state index contributed by atoms with van der Waals surface area (Å²) in [5, 5.41) is 3.10. The first-order chi connectivity index (χ1) is 9.54. The average molecular weight is 359 g/mol. The van der Waals surface area contributed by atoms with Crippen LogP contribution >= 0.6 is 27.5 Å². The number of hydrogen-bond donors (Lipinski definition) is 1. The molecule has 0 heterocycles. The van der Waals surface area contributed by atoms with Crippen LogP contribution in [-0.2, 0) is 4.79 Å². The van der Waals surface area contributed by atoms with Crippen molar-refractivity contribution >= 4 is 39.1 Å². The Hall–Kier alpha value is -1.59. The Bertz CT molecular complexity index is 636. The van der Waals surface area contributed by atoms with Gasteiger partial charge in [-0.2, -0.15) is 0 Å². The van der Waals surface area contributed by atoms with Gasteiger partial charge in [0.15, 0.2) is 6.61 Å². The van der Waals surface area contributed by atoms with Crippen molar-refractivity contribution in [2.24, 2.45) is 0 Å². The first-order valence-electron chi connectivity index (χ1n) is 5.68. The Morgan fingerprint density at radius 3 is 2.80 bits per heavy atom. The van der Waals surface area contributed by atoms with E-state index in [4.69, 9.17) is 16.3 Å². The zero-order valence-corrected chi connectivity index (χ0v) is 12.5. The minimum atomic E-state index is -0.413. The lowest BCUT2D eigenvalue weighted by Gasteiger charge is -2.09. The number of carbonyl (C=O) groups excluding carboxylic acids is 1. The first kappa shape index (κ1) is 14.8. The zero-order chi connectivity index (χ0) is 14.5. The van der Waals surface area contributed by atoms with Gasteiger partial charge in [0.1, 0.15) is 11.6 Å². The molecule has 0 unspecified atom stereocenters. The molecular formula is C14H10BrClFNO2. The van der Waals surface area contributed by atoms with Gasteiger partial charge in [0, 0.05) is 10.7 Å². The number of anilines is 1. The van der Waals surface area contributed by atoms with E-state index in [2.05, 4.69) is 21.2 Å². The van der Waals surface area contributed by atoms with Gasteiger partial charge in [-0.15, -0.1) is 0 Å². The third kappa shape index (κ3) is 4.21. The summed E-state index contributed by atoms with van der Waals surface area (Å²) in [7, 11) is 0. The van der Waals surface area contributed by atoms with Crippen LogP contribution < -0.4 is 10.1 Å². The largest absolute Gasteiger partial charge is 0.483 e. The molecule has 1 N–H and O–H groups in total. The van der Waals surface area contributed by atoms with Gasteiger partial charge >= 0.3 is 0 Å². The summed E-state index contributed by atoms with van der Waals surface area (Å²) >= 11 is 9.08. The Morgan fingerprint density at radius 2 is 2.10 bits per heavy atom. The SMILES string of the molecule is O=C(COc1ccc(Cl)cc1Br)Nc1cccc(F)c1. The second kappa shape index (κ2) is 6.72. The van der Waals surface area contributed by atoms with Crippen LogP contribution in [0.5, 0.6) is 5.75 Å². The third-order valence-electron chi connectivity index (χ3n) is 2.36. The fourth-order valence-corrected chi connectivity index (χ4v) is 2.30. The molecule has 0 atom stereocenters. The van der Waals surface area contributed by atoms with E-state index in [1.807, 2.05) is 0 Å². The van der Waals surface area contributed by atoms with E-state index in [1.165, 1.54) is 18.2 Å². The Balaban J connectivity index is 1.92. The van der Waals surface area contributed by atoms with Crippen LogP contribution in [0.25, 0.3) is 0 Å². The summed E-state index contributed by atoms with van der Waals surface area (Å²) in [6.07, 6.45) is 0. The van der Waals surface area contributed by atoms with E-state index in [9.17, 15) is 9.18 Å². The molecule has 20 heavy (non-hydrogen) atoms. The number of benzene rings is 2. The topological polar surface area (TPSA) is 38.3 Å². The molecule has 2 aromatic carbocycles. The Kier molecular flexibility index (Phi) is 4.98.